The first-order chi connectivity index (χ1) is 10.6. The second kappa shape index (κ2) is 21.4. The van der Waals surface area contributed by atoms with Gasteiger partial charge in [0.2, 0.25) is 0 Å². The van der Waals surface area contributed by atoms with Crippen LogP contribution in [0.25, 0.3) is 0 Å². The second-order valence-electron chi connectivity index (χ2n) is 4.51. The van der Waals surface area contributed by atoms with Crippen molar-refractivity contribution in [3.63, 3.8) is 0 Å². The van der Waals surface area contributed by atoms with Crippen LogP contribution in [0.1, 0.15) is 12.8 Å². The van der Waals surface area contributed by atoms with Gasteiger partial charge in [0.1, 0.15) is 0 Å². The Morgan fingerprint density at radius 3 is 1.24 bits per heavy atom. The molecule has 0 atom stereocenters. The quantitative estimate of drug-likeness (QED) is 0.238. The fraction of sp³-hybridized carbons (Fsp3) is 0.250. The van der Waals surface area contributed by atoms with Gasteiger partial charge >= 0.3 is 76.2 Å². The first-order valence-electron chi connectivity index (χ1n) is 6.89. The van der Waals surface area contributed by atoms with Crippen LogP contribution in [0, 0.1) is 63.2 Å². The summed E-state index contributed by atoms with van der Waals surface area (Å²) < 4.78 is 0.910. The Morgan fingerprint density at radius 1 is 0.720 bits per heavy atom. The zero-order chi connectivity index (χ0) is 16.2. The Kier molecular flexibility index (Phi) is 27.8. The van der Waals surface area contributed by atoms with Gasteiger partial charge < -0.3 is 60.3 Å². The number of rotatable bonds is 6. The zero-order valence-corrected chi connectivity index (χ0v) is 22.8. The van der Waals surface area contributed by atoms with E-state index in [0.717, 1.165) is 25.9 Å². The van der Waals surface area contributed by atoms with Crippen molar-refractivity contribution in [1.82, 2.24) is 10.6 Å². The van der Waals surface area contributed by atoms with Crippen LogP contribution in [0.5, 0.6) is 0 Å². The minimum Gasteiger partial charge on any atom is -0.412 e. The van der Waals surface area contributed by atoms with Crippen LogP contribution in [0.2, 0.25) is 0 Å². The van der Waals surface area contributed by atoms with Gasteiger partial charge in [0.25, 0.3) is 0 Å². The van der Waals surface area contributed by atoms with Gasteiger partial charge in [-0.1, -0.05) is 8.64 Å². The number of thiocarbonyl (C=S) groups is 2. The molecule has 2 nitrogen and oxygen atoms in total. The van der Waals surface area contributed by atoms with E-state index in [1.165, 1.54) is 11.8 Å². The molecule has 0 heterocycles. The molecule has 0 aromatic carbocycles. The van der Waals surface area contributed by atoms with Gasteiger partial charge in [0, 0.05) is 13.1 Å². The van der Waals surface area contributed by atoms with Crippen LogP contribution in [0.3, 0.4) is 0 Å². The average Bonchev–Trinajstić information content (AvgIpc) is 3.11. The molecule has 0 amide bonds. The van der Waals surface area contributed by atoms with E-state index in [9.17, 15) is 0 Å². The van der Waals surface area contributed by atoms with Gasteiger partial charge in [-0.05, 0) is 76.0 Å². The standard InChI is InChI=1S/2C8H10NS2.Fe.2Na/c2*10-8(11)9-6-5-7-3-1-2-4-7;;;/h2*1-4H,5-6H2,(H2,9,10,11);;;/q;;+2;2*+1/p-2. The topological polar surface area (TPSA) is 24.1 Å². The molecule has 25 heavy (non-hydrogen) atoms. The van der Waals surface area contributed by atoms with E-state index in [-0.39, 0.29) is 76.2 Å². The van der Waals surface area contributed by atoms with Crippen molar-refractivity contribution < 1.29 is 76.2 Å². The first-order valence-corrected chi connectivity index (χ1v) is 8.52. The average molecular weight is 468 g/mol. The summed E-state index contributed by atoms with van der Waals surface area (Å²) in [6, 6.07) is 0. The van der Waals surface area contributed by atoms with Gasteiger partial charge in [0.15, 0.2) is 0 Å². The van der Waals surface area contributed by atoms with Crippen molar-refractivity contribution in [3.8, 4) is 0 Å². The third-order valence-electron chi connectivity index (χ3n) is 2.83. The monoisotopic (exact) mass is 468 g/mol. The van der Waals surface area contributed by atoms with Crippen molar-refractivity contribution in [1.29, 1.82) is 0 Å². The third kappa shape index (κ3) is 19.8. The molecule has 2 N–H and O–H groups in total. The minimum absolute atomic E-state index is 0. The summed E-state index contributed by atoms with van der Waals surface area (Å²) in [5, 5.41) is 5.86. The fourth-order valence-electron chi connectivity index (χ4n) is 1.78. The summed E-state index contributed by atoms with van der Waals surface area (Å²) in [7, 11) is 0. The Labute approximate surface area is 231 Å². The van der Waals surface area contributed by atoms with E-state index < -0.39 is 0 Å². The van der Waals surface area contributed by atoms with Crippen LogP contribution >= 0.6 is 24.4 Å². The van der Waals surface area contributed by atoms with Crippen LogP contribution in [-0.2, 0) is 42.3 Å². The third-order valence-corrected chi connectivity index (χ3v) is 3.41. The molecule has 2 saturated carbocycles. The van der Waals surface area contributed by atoms with E-state index in [1.54, 1.807) is 0 Å². The van der Waals surface area contributed by atoms with Crippen LogP contribution in [0.15, 0.2) is 0 Å². The summed E-state index contributed by atoms with van der Waals surface area (Å²) in [4.78, 5) is 0. The van der Waals surface area contributed by atoms with Gasteiger partial charge in [-0.25, -0.2) is 0 Å². The predicted molar refractivity (Wildman–Crippen MR) is 106 cm³/mol. The second-order valence-corrected chi connectivity index (χ2v) is 6.66. The maximum absolute atomic E-state index is 4.69. The maximum atomic E-state index is 4.69. The summed E-state index contributed by atoms with van der Waals surface area (Å²) in [6.45, 7) is 1.68. The summed E-state index contributed by atoms with van der Waals surface area (Å²) in [5.41, 5.74) is 0. The normalized spacial score (nSPS) is 16.3. The summed E-state index contributed by atoms with van der Waals surface area (Å²) in [6.07, 6.45) is 18.5. The van der Waals surface area contributed by atoms with Crippen molar-refractivity contribution in [2.45, 2.75) is 12.8 Å². The predicted octanol–water partition coefficient (Wildman–Crippen LogP) is -3.59. The van der Waals surface area contributed by atoms with Crippen molar-refractivity contribution in [2.75, 3.05) is 13.1 Å². The maximum Gasteiger partial charge on any atom is 2.00 e. The minimum atomic E-state index is 0. The van der Waals surface area contributed by atoms with Crippen LogP contribution in [0.4, 0.5) is 0 Å². The van der Waals surface area contributed by atoms with Crippen molar-refractivity contribution in [3.05, 3.63) is 63.2 Å². The van der Waals surface area contributed by atoms with E-state index in [0.29, 0.717) is 8.64 Å². The molecule has 2 fully saturated rings. The molecule has 0 aromatic rings. The number of nitrogens with one attached hydrogen (secondary N) is 2. The van der Waals surface area contributed by atoms with Crippen molar-refractivity contribution >= 4 is 58.3 Å². The molecule has 9 heteroatoms. The Balaban J connectivity index is -0.000000346. The van der Waals surface area contributed by atoms with Gasteiger partial charge in [-0.2, -0.15) is 0 Å². The first kappa shape index (κ1) is 32.4. The number of hydrogen-bond donors (Lipinski definition) is 2. The largest absolute Gasteiger partial charge is 2.00 e. The van der Waals surface area contributed by atoms with E-state index >= 15 is 0 Å². The Hall–Kier alpha value is 2.74. The Bertz CT molecular complexity index is 308. The summed E-state index contributed by atoms with van der Waals surface area (Å²) >= 11 is 18.8. The molecule has 124 valence electrons. The molecular formula is C16H18FeN2Na2S4+2. The molecule has 0 spiro atoms. The van der Waals surface area contributed by atoms with Crippen molar-refractivity contribution in [2.24, 2.45) is 0 Å². The molecule has 2 aliphatic carbocycles. The van der Waals surface area contributed by atoms with Crippen LogP contribution in [-0.4, -0.2) is 21.7 Å². The van der Waals surface area contributed by atoms with Gasteiger partial charge in [0.05, 0.1) is 0 Å². The molecular weight excluding hydrogens is 450 g/mol. The van der Waals surface area contributed by atoms with E-state index in [2.05, 4.69) is 36.3 Å². The molecule has 0 unspecified atom stereocenters. The van der Waals surface area contributed by atoms with Gasteiger partial charge in [-0.3, -0.25) is 0 Å². The molecule has 10 radical (unpaired) electrons. The fourth-order valence-corrected chi connectivity index (χ4v) is 2.19. The zero-order valence-electron chi connectivity index (χ0n) is 14.4. The van der Waals surface area contributed by atoms with E-state index in [4.69, 9.17) is 49.7 Å². The molecule has 0 saturated heterocycles. The number of hydrogen-bond acceptors (Lipinski definition) is 4. The van der Waals surface area contributed by atoms with Gasteiger partial charge in [-0.15, -0.1) is 0 Å². The molecule has 0 aromatic heterocycles. The van der Waals surface area contributed by atoms with E-state index in [1.807, 2.05) is 25.7 Å². The van der Waals surface area contributed by atoms with Crippen LogP contribution < -0.4 is 69.7 Å². The molecule has 2 aliphatic rings. The Morgan fingerprint density at radius 2 is 1.00 bits per heavy atom. The SMILES string of the molecule is S=C([S-])NCC[C]1[CH][CH][CH][CH]1.S=C([S-])NCC[C]1[CH][CH][CH][CH]1.[Fe+2].[Na+].[Na+]. The molecule has 0 bridgehead atoms. The molecule has 0 aliphatic heterocycles. The molecule has 2 rings (SSSR count). The smallest absolute Gasteiger partial charge is 0.412 e. The summed E-state index contributed by atoms with van der Waals surface area (Å²) in [5.74, 6) is 2.65.